The van der Waals surface area contributed by atoms with E-state index >= 15 is 0 Å². The van der Waals surface area contributed by atoms with Crippen LogP contribution in [-0.4, -0.2) is 0 Å². The summed E-state index contributed by atoms with van der Waals surface area (Å²) in [6.45, 7) is 19.5. The van der Waals surface area contributed by atoms with Crippen LogP contribution in [0, 0.1) is 17.8 Å². The van der Waals surface area contributed by atoms with Crippen LogP contribution >= 0.6 is 0 Å². The molecule has 51 heavy (non-hydrogen) atoms. The van der Waals surface area contributed by atoms with Gasteiger partial charge < -0.3 is 0 Å². The van der Waals surface area contributed by atoms with E-state index in [0.29, 0.717) is 10.8 Å². The highest BCUT2D eigenvalue weighted by Crippen LogP contribution is 2.55. The van der Waals surface area contributed by atoms with E-state index in [1.807, 2.05) is 0 Å². The van der Waals surface area contributed by atoms with Crippen molar-refractivity contribution in [2.24, 2.45) is 10.8 Å². The van der Waals surface area contributed by atoms with E-state index in [4.69, 9.17) is 0 Å². The number of hydrogen-bond acceptors (Lipinski definition) is 0. The molecule has 0 heteroatoms. The summed E-state index contributed by atoms with van der Waals surface area (Å²) in [7, 11) is 0. The van der Waals surface area contributed by atoms with E-state index in [9.17, 15) is 0 Å². The van der Waals surface area contributed by atoms with Gasteiger partial charge in [-0.2, -0.15) is 0 Å². The molecule has 0 aliphatic heterocycles. The minimum absolute atomic E-state index is 0.0231. The van der Waals surface area contributed by atoms with Gasteiger partial charge in [0.05, 0.1) is 0 Å². The van der Waals surface area contributed by atoms with E-state index in [0.717, 1.165) is 0 Å². The lowest BCUT2D eigenvalue weighted by molar-refractivity contribution is 0.173. The van der Waals surface area contributed by atoms with Crippen molar-refractivity contribution in [3.05, 3.63) is 143 Å². The summed E-state index contributed by atoms with van der Waals surface area (Å²) in [5.74, 6) is 0. The summed E-state index contributed by atoms with van der Waals surface area (Å²) < 4.78 is 0. The number of aryl methyl sites for hydroxylation is 1. The van der Waals surface area contributed by atoms with Gasteiger partial charge >= 0.3 is 0 Å². The molecule has 0 aromatic heterocycles. The molecule has 2 saturated carbocycles. The molecular formula is C51H58. The van der Waals surface area contributed by atoms with Gasteiger partial charge in [0.1, 0.15) is 0 Å². The van der Waals surface area contributed by atoms with E-state index in [-0.39, 0.29) is 16.2 Å². The maximum absolute atomic E-state index is 2.63. The van der Waals surface area contributed by atoms with Gasteiger partial charge in [0.15, 0.2) is 0 Å². The van der Waals surface area contributed by atoms with Crippen molar-refractivity contribution in [1.82, 2.24) is 0 Å². The first-order valence-electron chi connectivity index (χ1n) is 19.8. The Bertz CT molecular complexity index is 2040. The Morgan fingerprint density at radius 1 is 0.373 bits per heavy atom. The van der Waals surface area contributed by atoms with Crippen molar-refractivity contribution in [3.8, 4) is 33.4 Å². The maximum atomic E-state index is 2.63. The minimum Gasteiger partial charge on any atom is -0.0599 e. The molecule has 3 aliphatic carbocycles. The van der Waals surface area contributed by atoms with E-state index in [2.05, 4.69) is 165 Å². The standard InChI is InChI=1S/C51H58/c1-35-9-11-36(12-10-35)37-13-15-38(16-14-37)39-17-19-40(20-18-39)51(31-27-48(4,5)28-32-51)42-22-24-44-43-23-21-41(33-45(43)49(6,7)46(44)34-42)50(8)29-25-47(2,3)26-30-50/h9-24,33-34H,25-32H2,1-8H3. The second-order valence-electron chi connectivity index (χ2n) is 19.1. The fourth-order valence-electron chi connectivity index (χ4n) is 9.86. The Labute approximate surface area is 308 Å². The molecule has 262 valence electrons. The molecule has 0 spiro atoms. The van der Waals surface area contributed by atoms with Gasteiger partial charge in [-0.15, -0.1) is 0 Å². The van der Waals surface area contributed by atoms with Crippen LogP contribution in [0.25, 0.3) is 33.4 Å². The topological polar surface area (TPSA) is 0 Å². The SMILES string of the molecule is Cc1ccc(-c2ccc(-c3ccc(C4(c5ccc6c(c5)C(C)(C)c5cc(C7(C)CCC(C)(C)CC7)ccc5-6)CCC(C)(C)CC4)cc3)cc2)cc1. The third-order valence-electron chi connectivity index (χ3n) is 14.1. The second kappa shape index (κ2) is 12.1. The zero-order valence-electron chi connectivity index (χ0n) is 32.5. The highest BCUT2D eigenvalue weighted by Gasteiger charge is 2.44. The summed E-state index contributed by atoms with van der Waals surface area (Å²) in [6.07, 6.45) is 10.1. The Balaban J connectivity index is 1.12. The average molecular weight is 671 g/mol. The molecule has 5 aromatic rings. The van der Waals surface area contributed by atoms with Crippen LogP contribution in [0.4, 0.5) is 0 Å². The van der Waals surface area contributed by atoms with Crippen LogP contribution in [0.5, 0.6) is 0 Å². The monoisotopic (exact) mass is 670 g/mol. The molecule has 2 fully saturated rings. The lowest BCUT2D eigenvalue weighted by Gasteiger charge is -2.45. The fourth-order valence-corrected chi connectivity index (χ4v) is 9.86. The van der Waals surface area contributed by atoms with Crippen LogP contribution < -0.4 is 0 Å². The molecule has 8 rings (SSSR count). The number of hydrogen-bond donors (Lipinski definition) is 0. The third-order valence-corrected chi connectivity index (χ3v) is 14.1. The van der Waals surface area contributed by atoms with Gasteiger partial charge in [0.2, 0.25) is 0 Å². The molecule has 0 radical (unpaired) electrons. The molecule has 5 aromatic carbocycles. The van der Waals surface area contributed by atoms with Gasteiger partial charge in [-0.25, -0.2) is 0 Å². The maximum Gasteiger partial charge on any atom is 0.0203 e. The molecule has 0 nitrogen and oxygen atoms in total. The first-order valence-corrected chi connectivity index (χ1v) is 19.8. The summed E-state index contributed by atoms with van der Waals surface area (Å²) in [5, 5.41) is 0. The lowest BCUT2D eigenvalue weighted by Crippen LogP contribution is -2.36. The van der Waals surface area contributed by atoms with Crippen LogP contribution in [0.2, 0.25) is 0 Å². The Hall–Kier alpha value is -3.90. The third kappa shape index (κ3) is 6.01. The highest BCUT2D eigenvalue weighted by atomic mass is 14.5. The molecule has 0 saturated heterocycles. The summed E-state index contributed by atoms with van der Waals surface area (Å²) in [5.41, 5.74) is 18.0. The number of benzene rings is 5. The van der Waals surface area contributed by atoms with E-state index in [1.165, 1.54) is 113 Å². The molecule has 0 N–H and O–H groups in total. The fraction of sp³-hybridized carbons (Fsp3) is 0.412. The zero-order valence-corrected chi connectivity index (χ0v) is 32.5. The molecule has 0 heterocycles. The van der Waals surface area contributed by atoms with Gasteiger partial charge in [-0.1, -0.05) is 163 Å². The first kappa shape index (κ1) is 34.2. The Morgan fingerprint density at radius 2 is 0.745 bits per heavy atom. The van der Waals surface area contributed by atoms with Gasteiger partial charge in [0.25, 0.3) is 0 Å². The molecule has 0 amide bonds. The summed E-state index contributed by atoms with van der Waals surface area (Å²) in [6, 6.07) is 42.7. The largest absolute Gasteiger partial charge is 0.0599 e. The molecule has 3 aliphatic rings. The Morgan fingerprint density at radius 3 is 1.24 bits per heavy atom. The normalized spacial score (nSPS) is 20.7. The van der Waals surface area contributed by atoms with Crippen molar-refractivity contribution < 1.29 is 0 Å². The summed E-state index contributed by atoms with van der Waals surface area (Å²) >= 11 is 0. The highest BCUT2D eigenvalue weighted by molar-refractivity contribution is 5.82. The van der Waals surface area contributed by atoms with Crippen molar-refractivity contribution in [2.45, 2.75) is 123 Å². The molecule has 0 atom stereocenters. The van der Waals surface area contributed by atoms with Gasteiger partial charge in [-0.05, 0) is 136 Å². The lowest BCUT2D eigenvalue weighted by atomic mass is 9.59. The predicted molar refractivity (Wildman–Crippen MR) is 219 cm³/mol. The van der Waals surface area contributed by atoms with Gasteiger partial charge in [0, 0.05) is 10.8 Å². The average Bonchev–Trinajstić information content (AvgIpc) is 3.35. The summed E-state index contributed by atoms with van der Waals surface area (Å²) in [4.78, 5) is 0. The molecule has 0 unspecified atom stereocenters. The zero-order chi connectivity index (χ0) is 35.8. The van der Waals surface area contributed by atoms with Crippen LogP contribution in [0.15, 0.2) is 109 Å². The van der Waals surface area contributed by atoms with Gasteiger partial charge in [-0.3, -0.25) is 0 Å². The van der Waals surface area contributed by atoms with E-state index < -0.39 is 0 Å². The predicted octanol–water partition coefficient (Wildman–Crippen LogP) is 14.4. The minimum atomic E-state index is -0.0231. The van der Waals surface area contributed by atoms with E-state index in [1.54, 1.807) is 5.56 Å². The van der Waals surface area contributed by atoms with Crippen LogP contribution in [-0.2, 0) is 16.2 Å². The second-order valence-corrected chi connectivity index (χ2v) is 19.1. The first-order chi connectivity index (χ1) is 24.2. The molecule has 0 bridgehead atoms. The number of rotatable bonds is 5. The molecular weight excluding hydrogens is 613 g/mol. The Kier molecular flexibility index (Phi) is 8.10. The van der Waals surface area contributed by atoms with Crippen LogP contribution in [0.3, 0.4) is 0 Å². The quantitative estimate of drug-likeness (QED) is 0.175. The number of fused-ring (bicyclic) bond motifs is 3. The van der Waals surface area contributed by atoms with Crippen molar-refractivity contribution in [3.63, 3.8) is 0 Å². The van der Waals surface area contributed by atoms with Crippen molar-refractivity contribution >= 4 is 0 Å². The van der Waals surface area contributed by atoms with Crippen LogP contribution in [0.1, 0.15) is 133 Å². The van der Waals surface area contributed by atoms with Crippen molar-refractivity contribution in [1.29, 1.82) is 0 Å². The van der Waals surface area contributed by atoms with Crippen molar-refractivity contribution in [2.75, 3.05) is 0 Å². The smallest absolute Gasteiger partial charge is 0.0203 e.